The summed E-state index contributed by atoms with van der Waals surface area (Å²) in [4.78, 5) is 14.5. The Morgan fingerprint density at radius 3 is 2.35 bits per heavy atom. The van der Waals surface area contributed by atoms with Crippen molar-refractivity contribution in [1.82, 2.24) is 4.90 Å². The molecule has 1 aliphatic heterocycles. The van der Waals surface area contributed by atoms with Gasteiger partial charge in [-0.15, -0.1) is 0 Å². The molecule has 0 unspecified atom stereocenters. The second-order valence-corrected chi connectivity index (χ2v) is 7.57. The number of nitrogens with one attached hydrogen (secondary N) is 1. The minimum absolute atomic E-state index is 0.278. The molecule has 1 aliphatic rings. The summed E-state index contributed by atoms with van der Waals surface area (Å²) in [5.41, 5.74) is 5.02. The number of hydrogen-bond donors (Lipinski definition) is 1. The SMILES string of the molecule is Cc1cc(C)cc(NCCC(=O)N2CCC(Cc3ccccc3)CC2)c1. The zero-order valence-corrected chi connectivity index (χ0v) is 16.0. The molecule has 2 aromatic carbocycles. The molecule has 2 aromatic rings. The van der Waals surface area contributed by atoms with E-state index >= 15 is 0 Å². The van der Waals surface area contributed by atoms with E-state index in [0.717, 1.165) is 38.0 Å². The monoisotopic (exact) mass is 350 g/mol. The molecule has 0 radical (unpaired) electrons. The average molecular weight is 351 g/mol. The summed E-state index contributed by atoms with van der Waals surface area (Å²) in [6.45, 7) is 6.71. The molecule has 1 heterocycles. The van der Waals surface area contributed by atoms with Gasteiger partial charge in [0.15, 0.2) is 0 Å². The van der Waals surface area contributed by atoms with E-state index < -0.39 is 0 Å². The largest absolute Gasteiger partial charge is 0.385 e. The molecule has 3 rings (SSSR count). The van der Waals surface area contributed by atoms with Crippen LogP contribution in [0.3, 0.4) is 0 Å². The molecule has 0 saturated carbocycles. The molecule has 3 nitrogen and oxygen atoms in total. The highest BCUT2D eigenvalue weighted by molar-refractivity contribution is 5.76. The molecule has 26 heavy (non-hydrogen) atoms. The first kappa shape index (κ1) is 18.5. The van der Waals surface area contributed by atoms with Crippen molar-refractivity contribution in [3.63, 3.8) is 0 Å². The molecule has 0 bridgehead atoms. The summed E-state index contributed by atoms with van der Waals surface area (Å²) in [5, 5.41) is 3.39. The first-order chi connectivity index (χ1) is 12.6. The average Bonchev–Trinajstić information content (AvgIpc) is 2.62. The maximum atomic E-state index is 12.5. The maximum absolute atomic E-state index is 12.5. The van der Waals surface area contributed by atoms with Gasteiger partial charge in [0.1, 0.15) is 0 Å². The van der Waals surface area contributed by atoms with Crippen molar-refractivity contribution < 1.29 is 4.79 Å². The van der Waals surface area contributed by atoms with Gasteiger partial charge < -0.3 is 10.2 Å². The third-order valence-corrected chi connectivity index (χ3v) is 5.22. The molecule has 1 N–H and O–H groups in total. The summed E-state index contributed by atoms with van der Waals surface area (Å²) in [7, 11) is 0. The molecule has 3 heteroatoms. The predicted molar refractivity (Wildman–Crippen MR) is 108 cm³/mol. The van der Waals surface area contributed by atoms with Gasteiger partial charge in [-0.3, -0.25) is 4.79 Å². The number of likely N-dealkylation sites (tertiary alicyclic amines) is 1. The van der Waals surface area contributed by atoms with Crippen LogP contribution in [0.1, 0.15) is 36.0 Å². The third kappa shape index (κ3) is 5.35. The second kappa shape index (κ2) is 8.88. The van der Waals surface area contributed by atoms with E-state index in [1.54, 1.807) is 0 Å². The Hall–Kier alpha value is -2.29. The summed E-state index contributed by atoms with van der Waals surface area (Å²) in [5.74, 6) is 0.981. The molecule has 138 valence electrons. The van der Waals surface area contributed by atoms with Gasteiger partial charge >= 0.3 is 0 Å². The number of amides is 1. The molecule has 0 aliphatic carbocycles. The van der Waals surface area contributed by atoms with Crippen molar-refractivity contribution in [1.29, 1.82) is 0 Å². The normalized spacial score (nSPS) is 15.1. The van der Waals surface area contributed by atoms with Crippen LogP contribution in [0.5, 0.6) is 0 Å². The van der Waals surface area contributed by atoms with E-state index in [0.29, 0.717) is 18.9 Å². The van der Waals surface area contributed by atoms with Crippen molar-refractivity contribution >= 4 is 11.6 Å². The Kier molecular flexibility index (Phi) is 6.32. The number of carbonyl (C=O) groups is 1. The number of rotatable bonds is 6. The number of hydrogen-bond acceptors (Lipinski definition) is 2. The number of piperidine rings is 1. The Morgan fingerprint density at radius 1 is 1.04 bits per heavy atom. The number of carbonyl (C=O) groups excluding carboxylic acids is 1. The van der Waals surface area contributed by atoms with Gasteiger partial charge in [0, 0.05) is 31.7 Å². The van der Waals surface area contributed by atoms with Gasteiger partial charge in [-0.05, 0) is 67.9 Å². The van der Waals surface area contributed by atoms with Gasteiger partial charge in [0.05, 0.1) is 0 Å². The number of aryl methyl sites for hydroxylation is 2. The van der Waals surface area contributed by atoms with Gasteiger partial charge in [-0.25, -0.2) is 0 Å². The topological polar surface area (TPSA) is 32.3 Å². The molecule has 1 saturated heterocycles. The van der Waals surface area contributed by atoms with Crippen molar-refractivity contribution in [3.05, 3.63) is 65.2 Å². The summed E-state index contributed by atoms with van der Waals surface area (Å²) < 4.78 is 0. The van der Waals surface area contributed by atoms with Crippen LogP contribution in [-0.4, -0.2) is 30.4 Å². The number of benzene rings is 2. The lowest BCUT2D eigenvalue weighted by Gasteiger charge is -2.32. The molecule has 1 fully saturated rings. The van der Waals surface area contributed by atoms with E-state index in [1.165, 1.54) is 16.7 Å². The minimum Gasteiger partial charge on any atom is -0.385 e. The molecule has 0 atom stereocenters. The van der Waals surface area contributed by atoms with Gasteiger partial charge in [-0.1, -0.05) is 36.4 Å². The molecular formula is C23H30N2O. The highest BCUT2D eigenvalue weighted by Gasteiger charge is 2.22. The summed E-state index contributed by atoms with van der Waals surface area (Å²) >= 11 is 0. The minimum atomic E-state index is 0.278. The molecule has 0 spiro atoms. The molecule has 0 aromatic heterocycles. The molecule has 1 amide bonds. The highest BCUT2D eigenvalue weighted by Crippen LogP contribution is 2.22. The fraction of sp³-hybridized carbons (Fsp3) is 0.435. The van der Waals surface area contributed by atoms with Crippen LogP contribution in [-0.2, 0) is 11.2 Å². The number of nitrogens with zero attached hydrogens (tertiary/aromatic N) is 1. The van der Waals surface area contributed by atoms with Crippen LogP contribution < -0.4 is 5.32 Å². The lowest BCUT2D eigenvalue weighted by Crippen LogP contribution is -2.39. The second-order valence-electron chi connectivity index (χ2n) is 7.57. The smallest absolute Gasteiger partial charge is 0.224 e. The first-order valence-electron chi connectivity index (χ1n) is 9.74. The lowest BCUT2D eigenvalue weighted by atomic mass is 9.90. The van der Waals surface area contributed by atoms with Crippen LogP contribution in [0.2, 0.25) is 0 Å². The van der Waals surface area contributed by atoms with Crippen molar-refractivity contribution in [3.8, 4) is 0 Å². The Morgan fingerprint density at radius 2 is 1.69 bits per heavy atom. The van der Waals surface area contributed by atoms with Gasteiger partial charge in [0.2, 0.25) is 5.91 Å². The quantitative estimate of drug-likeness (QED) is 0.826. The van der Waals surface area contributed by atoms with E-state index in [-0.39, 0.29) is 5.91 Å². The predicted octanol–water partition coefficient (Wildman–Crippen LogP) is 4.59. The Balaban J connectivity index is 1.39. The third-order valence-electron chi connectivity index (χ3n) is 5.22. The van der Waals surface area contributed by atoms with Crippen LogP contribution >= 0.6 is 0 Å². The van der Waals surface area contributed by atoms with Gasteiger partial charge in [0.25, 0.3) is 0 Å². The fourth-order valence-electron chi connectivity index (χ4n) is 3.88. The highest BCUT2D eigenvalue weighted by atomic mass is 16.2. The standard InChI is InChI=1S/C23H30N2O/c1-18-14-19(2)16-22(15-18)24-11-8-23(26)25-12-9-21(10-13-25)17-20-6-4-3-5-7-20/h3-7,14-16,21,24H,8-13,17H2,1-2H3. The Bertz CT molecular complexity index is 698. The van der Waals surface area contributed by atoms with Crippen LogP contribution in [0.15, 0.2) is 48.5 Å². The first-order valence-corrected chi connectivity index (χ1v) is 9.74. The van der Waals surface area contributed by atoms with Gasteiger partial charge in [-0.2, -0.15) is 0 Å². The lowest BCUT2D eigenvalue weighted by molar-refractivity contribution is -0.132. The fourth-order valence-corrected chi connectivity index (χ4v) is 3.88. The van der Waals surface area contributed by atoms with Crippen molar-refractivity contribution in [2.75, 3.05) is 25.0 Å². The van der Waals surface area contributed by atoms with E-state index in [2.05, 4.69) is 67.7 Å². The van der Waals surface area contributed by atoms with Crippen LogP contribution in [0, 0.1) is 19.8 Å². The van der Waals surface area contributed by atoms with E-state index in [1.807, 2.05) is 4.90 Å². The van der Waals surface area contributed by atoms with Crippen LogP contribution in [0.25, 0.3) is 0 Å². The zero-order chi connectivity index (χ0) is 18.4. The summed E-state index contributed by atoms with van der Waals surface area (Å²) in [6, 6.07) is 17.1. The number of anilines is 1. The Labute approximate surface area is 157 Å². The molecular weight excluding hydrogens is 320 g/mol. The van der Waals surface area contributed by atoms with E-state index in [4.69, 9.17) is 0 Å². The maximum Gasteiger partial charge on any atom is 0.224 e. The van der Waals surface area contributed by atoms with Crippen LogP contribution in [0.4, 0.5) is 5.69 Å². The zero-order valence-electron chi connectivity index (χ0n) is 16.0. The van der Waals surface area contributed by atoms with E-state index in [9.17, 15) is 4.79 Å². The van der Waals surface area contributed by atoms with Crippen molar-refractivity contribution in [2.24, 2.45) is 5.92 Å². The summed E-state index contributed by atoms with van der Waals surface area (Å²) in [6.07, 6.45) is 3.93. The van der Waals surface area contributed by atoms with Crippen molar-refractivity contribution in [2.45, 2.75) is 39.5 Å².